The van der Waals surface area contributed by atoms with Crippen LogP contribution in [-0.2, 0) is 12.5 Å². The lowest BCUT2D eigenvalue weighted by Gasteiger charge is -2.14. The second-order valence-corrected chi connectivity index (χ2v) is 4.03. The molecule has 0 radical (unpaired) electrons. The van der Waals surface area contributed by atoms with E-state index in [1.165, 1.54) is 0 Å². The molecule has 0 spiro atoms. The van der Waals surface area contributed by atoms with Crippen molar-refractivity contribution in [3.63, 3.8) is 0 Å². The minimum atomic E-state index is 0.287. The normalized spacial score (nSPS) is 10.2. The van der Waals surface area contributed by atoms with Crippen LogP contribution in [0.25, 0.3) is 0 Å². The molecule has 1 aromatic heterocycles. The SMILES string of the molecule is CCOc1cccc(CCl)c1OCc1ncccn1. The minimum absolute atomic E-state index is 0.287. The highest BCUT2D eigenvalue weighted by molar-refractivity contribution is 6.17. The van der Waals surface area contributed by atoms with Gasteiger partial charge in [-0.1, -0.05) is 12.1 Å². The molecular weight excluding hydrogens is 264 g/mol. The number of halogens is 1. The molecule has 1 aromatic carbocycles. The molecule has 0 aliphatic rings. The third-order valence-electron chi connectivity index (χ3n) is 2.47. The average molecular weight is 279 g/mol. The van der Waals surface area contributed by atoms with Crippen molar-refractivity contribution in [2.24, 2.45) is 0 Å². The summed E-state index contributed by atoms with van der Waals surface area (Å²) in [5, 5.41) is 0. The van der Waals surface area contributed by atoms with Gasteiger partial charge in [0.25, 0.3) is 0 Å². The lowest BCUT2D eigenvalue weighted by Crippen LogP contribution is -2.04. The van der Waals surface area contributed by atoms with Crippen molar-refractivity contribution in [3.8, 4) is 11.5 Å². The van der Waals surface area contributed by atoms with E-state index in [9.17, 15) is 0 Å². The van der Waals surface area contributed by atoms with Gasteiger partial charge < -0.3 is 9.47 Å². The van der Waals surface area contributed by atoms with E-state index in [1.807, 2.05) is 25.1 Å². The molecule has 2 aromatic rings. The first-order valence-corrected chi connectivity index (χ1v) is 6.58. The number of rotatable bonds is 6. The van der Waals surface area contributed by atoms with E-state index >= 15 is 0 Å². The first-order chi connectivity index (χ1) is 9.35. The Balaban J connectivity index is 2.17. The second kappa shape index (κ2) is 6.95. The molecule has 0 saturated heterocycles. The molecule has 0 aliphatic heterocycles. The molecule has 100 valence electrons. The summed E-state index contributed by atoms with van der Waals surface area (Å²) in [5.41, 5.74) is 0.892. The quantitative estimate of drug-likeness (QED) is 0.761. The number of aromatic nitrogens is 2. The molecule has 0 saturated carbocycles. The summed E-state index contributed by atoms with van der Waals surface area (Å²) in [7, 11) is 0. The van der Waals surface area contributed by atoms with Crippen molar-refractivity contribution in [2.75, 3.05) is 6.61 Å². The van der Waals surface area contributed by atoms with Crippen LogP contribution in [0.15, 0.2) is 36.7 Å². The number of benzene rings is 1. The Morgan fingerprint density at radius 1 is 1.11 bits per heavy atom. The van der Waals surface area contributed by atoms with Crippen molar-refractivity contribution < 1.29 is 9.47 Å². The summed E-state index contributed by atoms with van der Waals surface area (Å²) in [4.78, 5) is 8.23. The molecule has 5 heteroatoms. The average Bonchev–Trinajstić information content (AvgIpc) is 2.47. The van der Waals surface area contributed by atoms with E-state index < -0.39 is 0 Å². The number of ether oxygens (including phenoxy) is 2. The molecule has 1 heterocycles. The highest BCUT2D eigenvalue weighted by atomic mass is 35.5. The first-order valence-electron chi connectivity index (χ1n) is 6.04. The second-order valence-electron chi connectivity index (χ2n) is 3.76. The fourth-order valence-corrected chi connectivity index (χ4v) is 1.85. The monoisotopic (exact) mass is 278 g/mol. The maximum Gasteiger partial charge on any atom is 0.166 e. The lowest BCUT2D eigenvalue weighted by molar-refractivity contribution is 0.261. The fourth-order valence-electron chi connectivity index (χ4n) is 1.64. The maximum absolute atomic E-state index is 5.92. The van der Waals surface area contributed by atoms with E-state index in [0.717, 1.165) is 5.56 Å². The molecular formula is C14H15ClN2O2. The van der Waals surface area contributed by atoms with Gasteiger partial charge in [-0.2, -0.15) is 0 Å². The van der Waals surface area contributed by atoms with Crippen molar-refractivity contribution in [3.05, 3.63) is 48.0 Å². The molecule has 0 bridgehead atoms. The largest absolute Gasteiger partial charge is 0.490 e. The zero-order valence-electron chi connectivity index (χ0n) is 10.7. The molecule has 4 nitrogen and oxygen atoms in total. The van der Waals surface area contributed by atoms with Crippen LogP contribution in [0.3, 0.4) is 0 Å². The molecule has 2 rings (SSSR count). The van der Waals surface area contributed by atoms with E-state index in [-0.39, 0.29) is 6.61 Å². The molecule has 0 atom stereocenters. The van der Waals surface area contributed by atoms with E-state index in [4.69, 9.17) is 21.1 Å². The Morgan fingerprint density at radius 2 is 1.89 bits per heavy atom. The summed E-state index contributed by atoms with van der Waals surface area (Å²) in [5.74, 6) is 2.34. The zero-order valence-corrected chi connectivity index (χ0v) is 11.4. The van der Waals surface area contributed by atoms with Crippen LogP contribution in [-0.4, -0.2) is 16.6 Å². The summed E-state index contributed by atoms with van der Waals surface area (Å²) in [6.45, 7) is 2.79. The van der Waals surface area contributed by atoms with Gasteiger partial charge in [-0.15, -0.1) is 11.6 Å². The van der Waals surface area contributed by atoms with Gasteiger partial charge in [0.1, 0.15) is 6.61 Å². The smallest absolute Gasteiger partial charge is 0.166 e. The number of nitrogens with zero attached hydrogens (tertiary/aromatic N) is 2. The zero-order chi connectivity index (χ0) is 13.5. The predicted molar refractivity (Wildman–Crippen MR) is 73.5 cm³/mol. The predicted octanol–water partition coefficient (Wildman–Crippen LogP) is 3.19. The maximum atomic E-state index is 5.92. The molecule has 0 N–H and O–H groups in total. The summed E-state index contributed by atoms with van der Waals surface area (Å²) >= 11 is 5.92. The third kappa shape index (κ3) is 3.58. The van der Waals surface area contributed by atoms with Crippen molar-refractivity contribution in [1.29, 1.82) is 0 Å². The number of para-hydroxylation sites is 1. The van der Waals surface area contributed by atoms with Gasteiger partial charge in [-0.25, -0.2) is 9.97 Å². The van der Waals surface area contributed by atoms with Crippen molar-refractivity contribution in [2.45, 2.75) is 19.4 Å². The van der Waals surface area contributed by atoms with Crippen LogP contribution in [0.2, 0.25) is 0 Å². The number of alkyl halides is 1. The first kappa shape index (κ1) is 13.6. The van der Waals surface area contributed by atoms with Crippen molar-refractivity contribution in [1.82, 2.24) is 9.97 Å². The van der Waals surface area contributed by atoms with Crippen molar-refractivity contribution >= 4 is 11.6 Å². The molecule has 0 aliphatic carbocycles. The Morgan fingerprint density at radius 3 is 2.58 bits per heavy atom. The van der Waals surface area contributed by atoms with Crippen LogP contribution in [0.4, 0.5) is 0 Å². The third-order valence-corrected chi connectivity index (χ3v) is 2.76. The standard InChI is InChI=1S/C14H15ClN2O2/c1-2-18-12-6-3-5-11(9-15)14(12)19-10-13-16-7-4-8-17-13/h3-8H,2,9-10H2,1H3. The Hall–Kier alpha value is -1.81. The highest BCUT2D eigenvalue weighted by Crippen LogP contribution is 2.32. The van der Waals surface area contributed by atoms with Gasteiger partial charge in [0.15, 0.2) is 17.3 Å². The molecule has 0 fully saturated rings. The van der Waals surface area contributed by atoms with Gasteiger partial charge in [0.05, 0.1) is 12.5 Å². The van der Waals surface area contributed by atoms with E-state index in [0.29, 0.717) is 29.8 Å². The van der Waals surface area contributed by atoms with Crippen LogP contribution in [0.5, 0.6) is 11.5 Å². The Kier molecular flexibility index (Phi) is 4.98. The fraction of sp³-hybridized carbons (Fsp3) is 0.286. The van der Waals surface area contributed by atoms with Crippen LogP contribution < -0.4 is 9.47 Å². The molecule has 0 amide bonds. The van der Waals surface area contributed by atoms with Gasteiger partial charge in [-0.05, 0) is 19.1 Å². The van der Waals surface area contributed by atoms with Gasteiger partial charge in [0.2, 0.25) is 0 Å². The highest BCUT2D eigenvalue weighted by Gasteiger charge is 2.11. The van der Waals surface area contributed by atoms with E-state index in [1.54, 1.807) is 18.5 Å². The summed E-state index contributed by atoms with van der Waals surface area (Å²) in [6.07, 6.45) is 3.37. The summed E-state index contributed by atoms with van der Waals surface area (Å²) in [6, 6.07) is 7.44. The summed E-state index contributed by atoms with van der Waals surface area (Å²) < 4.78 is 11.3. The van der Waals surface area contributed by atoms with Gasteiger partial charge in [-0.3, -0.25) is 0 Å². The van der Waals surface area contributed by atoms with E-state index in [2.05, 4.69) is 9.97 Å². The lowest BCUT2D eigenvalue weighted by atomic mass is 10.2. The Bertz CT molecular complexity index is 520. The topological polar surface area (TPSA) is 44.2 Å². The number of hydrogen-bond acceptors (Lipinski definition) is 4. The minimum Gasteiger partial charge on any atom is -0.490 e. The molecule has 19 heavy (non-hydrogen) atoms. The van der Waals surface area contributed by atoms with Crippen LogP contribution >= 0.6 is 11.6 Å². The van der Waals surface area contributed by atoms with Gasteiger partial charge >= 0.3 is 0 Å². The van der Waals surface area contributed by atoms with Crippen LogP contribution in [0.1, 0.15) is 18.3 Å². The Labute approximate surface area is 117 Å². The van der Waals surface area contributed by atoms with Crippen LogP contribution in [0, 0.1) is 0 Å². The molecule has 0 unspecified atom stereocenters. The number of hydrogen-bond donors (Lipinski definition) is 0. The van der Waals surface area contributed by atoms with Gasteiger partial charge in [0, 0.05) is 18.0 Å².